The van der Waals surface area contributed by atoms with Crippen LogP contribution >= 0.6 is 0 Å². The Balaban J connectivity index is 1.74. The van der Waals surface area contributed by atoms with Crippen molar-refractivity contribution in [3.63, 3.8) is 0 Å². The van der Waals surface area contributed by atoms with E-state index < -0.39 is 0 Å². The molecule has 3 rings (SSSR count). The Morgan fingerprint density at radius 1 is 1.25 bits per heavy atom. The Labute approximate surface area is 123 Å². The number of nitrogens with zero attached hydrogens (tertiary/aromatic N) is 1. The lowest BCUT2D eigenvalue weighted by Crippen LogP contribution is -2.53. The summed E-state index contributed by atoms with van der Waals surface area (Å²) in [6.45, 7) is 9.37. The number of hydrogen-bond donors (Lipinski definition) is 1. The van der Waals surface area contributed by atoms with Gasteiger partial charge in [-0.2, -0.15) is 0 Å². The smallest absolute Gasteiger partial charge is 0.0476 e. The Morgan fingerprint density at radius 3 is 2.55 bits per heavy atom. The molecule has 2 nitrogen and oxygen atoms in total. The molecule has 4 unspecified atom stereocenters. The van der Waals surface area contributed by atoms with Crippen LogP contribution < -0.4 is 5.32 Å². The van der Waals surface area contributed by atoms with E-state index in [2.05, 4.69) is 61.3 Å². The summed E-state index contributed by atoms with van der Waals surface area (Å²) in [5.74, 6) is 1.67. The molecular weight excluding hydrogens is 244 g/mol. The van der Waals surface area contributed by atoms with Gasteiger partial charge in [0.25, 0.3) is 0 Å². The van der Waals surface area contributed by atoms with E-state index in [0.29, 0.717) is 12.1 Å². The number of piperazine rings is 1. The van der Waals surface area contributed by atoms with Gasteiger partial charge in [-0.05, 0) is 30.2 Å². The van der Waals surface area contributed by atoms with Gasteiger partial charge in [0.1, 0.15) is 0 Å². The average molecular weight is 272 g/mol. The average Bonchev–Trinajstić information content (AvgIpc) is 3.16. The molecule has 0 aromatic heterocycles. The second-order valence-corrected chi connectivity index (χ2v) is 7.14. The van der Waals surface area contributed by atoms with Crippen LogP contribution in [0.5, 0.6) is 0 Å². The first kappa shape index (κ1) is 14.1. The van der Waals surface area contributed by atoms with Gasteiger partial charge in [-0.15, -0.1) is 0 Å². The first-order chi connectivity index (χ1) is 9.65. The summed E-state index contributed by atoms with van der Waals surface area (Å²) in [6, 6.07) is 13.1. The highest BCUT2D eigenvalue weighted by molar-refractivity contribution is 5.21. The molecule has 20 heavy (non-hydrogen) atoms. The van der Waals surface area contributed by atoms with Crippen LogP contribution in [0.25, 0.3) is 0 Å². The van der Waals surface area contributed by atoms with Crippen molar-refractivity contribution in [1.29, 1.82) is 0 Å². The fourth-order valence-electron chi connectivity index (χ4n) is 3.68. The van der Waals surface area contributed by atoms with E-state index in [1.165, 1.54) is 24.9 Å². The van der Waals surface area contributed by atoms with Crippen LogP contribution in [0, 0.1) is 11.8 Å². The predicted molar refractivity (Wildman–Crippen MR) is 84.7 cm³/mol. The fourth-order valence-corrected chi connectivity index (χ4v) is 3.68. The molecule has 110 valence electrons. The zero-order chi connectivity index (χ0) is 14.1. The van der Waals surface area contributed by atoms with Crippen molar-refractivity contribution in [3.05, 3.63) is 35.9 Å². The molecule has 2 aliphatic rings. The Bertz CT molecular complexity index is 428. The van der Waals surface area contributed by atoms with Gasteiger partial charge in [0.15, 0.2) is 0 Å². The summed E-state index contributed by atoms with van der Waals surface area (Å²) < 4.78 is 0. The second-order valence-electron chi connectivity index (χ2n) is 7.14. The zero-order valence-corrected chi connectivity index (χ0v) is 13.0. The molecule has 4 atom stereocenters. The molecule has 2 heteroatoms. The van der Waals surface area contributed by atoms with Crippen LogP contribution in [0.4, 0.5) is 0 Å². The molecule has 1 heterocycles. The standard InChI is InChI=1S/C18H28N2/c1-13(2)9-16-12-20(17-10-14(17)3)18(11-19-16)15-7-5-4-6-8-15/h4-8,13-14,16-19H,9-12H2,1-3H3. The number of nitrogens with one attached hydrogen (secondary N) is 1. The van der Waals surface area contributed by atoms with Crippen molar-refractivity contribution >= 4 is 0 Å². The van der Waals surface area contributed by atoms with Crippen LogP contribution in [-0.4, -0.2) is 30.1 Å². The van der Waals surface area contributed by atoms with Gasteiger partial charge in [-0.3, -0.25) is 4.90 Å². The fraction of sp³-hybridized carbons (Fsp3) is 0.667. The maximum Gasteiger partial charge on any atom is 0.0476 e. The third-order valence-corrected chi connectivity index (χ3v) is 4.86. The summed E-state index contributed by atoms with van der Waals surface area (Å²) in [5.41, 5.74) is 1.47. The highest BCUT2D eigenvalue weighted by atomic mass is 15.3. The van der Waals surface area contributed by atoms with Crippen LogP contribution in [0.1, 0.15) is 45.2 Å². The van der Waals surface area contributed by atoms with Gasteiger partial charge >= 0.3 is 0 Å². The second kappa shape index (κ2) is 5.87. The van der Waals surface area contributed by atoms with Gasteiger partial charge in [-0.25, -0.2) is 0 Å². The van der Waals surface area contributed by atoms with E-state index in [1.807, 2.05) is 0 Å². The van der Waals surface area contributed by atoms with Crippen LogP contribution in [0.2, 0.25) is 0 Å². The molecule has 0 spiro atoms. The zero-order valence-electron chi connectivity index (χ0n) is 13.0. The Kier molecular flexibility index (Phi) is 4.13. The van der Waals surface area contributed by atoms with Gasteiger partial charge in [0.05, 0.1) is 0 Å². The maximum absolute atomic E-state index is 3.78. The van der Waals surface area contributed by atoms with Crippen molar-refractivity contribution in [3.8, 4) is 0 Å². The summed E-state index contributed by atoms with van der Waals surface area (Å²) in [6.07, 6.45) is 2.68. The summed E-state index contributed by atoms with van der Waals surface area (Å²) >= 11 is 0. The Morgan fingerprint density at radius 2 is 1.95 bits per heavy atom. The van der Waals surface area contributed by atoms with Crippen molar-refractivity contribution in [1.82, 2.24) is 10.2 Å². The molecule has 1 aromatic carbocycles. The van der Waals surface area contributed by atoms with Gasteiger partial charge in [0.2, 0.25) is 0 Å². The van der Waals surface area contributed by atoms with E-state index in [4.69, 9.17) is 0 Å². The topological polar surface area (TPSA) is 15.3 Å². The molecule has 1 aromatic rings. The van der Waals surface area contributed by atoms with E-state index in [0.717, 1.165) is 24.4 Å². The molecule has 1 aliphatic heterocycles. The highest BCUT2D eigenvalue weighted by Gasteiger charge is 2.43. The summed E-state index contributed by atoms with van der Waals surface area (Å²) in [5, 5.41) is 3.78. The van der Waals surface area contributed by atoms with Crippen LogP contribution in [0.15, 0.2) is 30.3 Å². The lowest BCUT2D eigenvalue weighted by molar-refractivity contribution is 0.109. The molecule has 1 saturated carbocycles. The van der Waals surface area contributed by atoms with E-state index >= 15 is 0 Å². The summed E-state index contributed by atoms with van der Waals surface area (Å²) in [7, 11) is 0. The lowest BCUT2D eigenvalue weighted by atomic mass is 9.96. The van der Waals surface area contributed by atoms with Crippen molar-refractivity contribution in [2.75, 3.05) is 13.1 Å². The molecule has 1 saturated heterocycles. The minimum Gasteiger partial charge on any atom is -0.311 e. The van der Waals surface area contributed by atoms with Gasteiger partial charge in [0, 0.05) is 31.2 Å². The molecule has 2 fully saturated rings. The number of benzene rings is 1. The minimum atomic E-state index is 0.564. The third kappa shape index (κ3) is 3.07. The van der Waals surface area contributed by atoms with E-state index in [1.54, 1.807) is 0 Å². The summed E-state index contributed by atoms with van der Waals surface area (Å²) in [4.78, 5) is 2.78. The van der Waals surface area contributed by atoms with Gasteiger partial charge in [-0.1, -0.05) is 51.1 Å². The maximum atomic E-state index is 3.78. The minimum absolute atomic E-state index is 0.564. The van der Waals surface area contributed by atoms with E-state index in [9.17, 15) is 0 Å². The number of rotatable bonds is 4. The predicted octanol–water partition coefficient (Wildman–Crippen LogP) is 3.46. The SMILES string of the molecule is CC(C)CC1CN(C2CC2C)C(c2ccccc2)CN1. The molecule has 1 aliphatic carbocycles. The molecule has 1 N–H and O–H groups in total. The van der Waals surface area contributed by atoms with Crippen LogP contribution in [-0.2, 0) is 0 Å². The molecule has 0 bridgehead atoms. The molecule has 0 radical (unpaired) electrons. The van der Waals surface area contributed by atoms with Crippen molar-refractivity contribution in [2.24, 2.45) is 11.8 Å². The van der Waals surface area contributed by atoms with Crippen molar-refractivity contribution < 1.29 is 0 Å². The van der Waals surface area contributed by atoms with Crippen molar-refractivity contribution in [2.45, 2.75) is 51.7 Å². The highest BCUT2D eigenvalue weighted by Crippen LogP contribution is 2.41. The molecular formula is C18H28N2. The number of hydrogen-bond acceptors (Lipinski definition) is 2. The lowest BCUT2D eigenvalue weighted by Gasteiger charge is -2.41. The molecule has 0 amide bonds. The largest absolute Gasteiger partial charge is 0.311 e. The first-order valence-electron chi connectivity index (χ1n) is 8.19. The van der Waals surface area contributed by atoms with Crippen LogP contribution in [0.3, 0.4) is 0 Å². The normalized spacial score (nSPS) is 34.4. The first-order valence-corrected chi connectivity index (χ1v) is 8.19. The Hall–Kier alpha value is -0.860. The third-order valence-electron chi connectivity index (χ3n) is 4.86. The monoisotopic (exact) mass is 272 g/mol. The quantitative estimate of drug-likeness (QED) is 0.903. The van der Waals surface area contributed by atoms with Gasteiger partial charge < -0.3 is 5.32 Å². The van der Waals surface area contributed by atoms with E-state index in [-0.39, 0.29) is 0 Å².